The van der Waals surface area contributed by atoms with Gasteiger partial charge in [0.1, 0.15) is 12.4 Å². The SMILES string of the molecule is COc1cccc(COC(=O)N(C(=O)N(C)C)c2ccc(-c3cn[nH]c3)cc2)c1. The molecular weight excluding hydrogens is 372 g/mol. The van der Waals surface area contributed by atoms with E-state index >= 15 is 0 Å². The Hall–Kier alpha value is -3.81. The number of methoxy groups -OCH3 is 1. The van der Waals surface area contributed by atoms with Gasteiger partial charge in [-0.25, -0.2) is 9.59 Å². The molecule has 0 unspecified atom stereocenters. The van der Waals surface area contributed by atoms with Crippen LogP contribution in [0.5, 0.6) is 5.75 Å². The Labute approximate surface area is 168 Å². The number of rotatable bonds is 5. The number of anilines is 1. The van der Waals surface area contributed by atoms with Gasteiger partial charge in [0, 0.05) is 25.9 Å². The van der Waals surface area contributed by atoms with Crippen LogP contribution in [0.1, 0.15) is 5.56 Å². The van der Waals surface area contributed by atoms with Gasteiger partial charge in [-0.1, -0.05) is 24.3 Å². The largest absolute Gasteiger partial charge is 0.497 e. The minimum atomic E-state index is -0.761. The number of hydrogen-bond donors (Lipinski definition) is 1. The summed E-state index contributed by atoms with van der Waals surface area (Å²) in [5.41, 5.74) is 2.98. The summed E-state index contributed by atoms with van der Waals surface area (Å²) in [5, 5.41) is 6.68. The monoisotopic (exact) mass is 394 g/mol. The highest BCUT2D eigenvalue weighted by atomic mass is 16.6. The van der Waals surface area contributed by atoms with Gasteiger partial charge < -0.3 is 14.4 Å². The highest BCUT2D eigenvalue weighted by Crippen LogP contribution is 2.24. The molecular formula is C21H22N4O4. The highest BCUT2D eigenvalue weighted by Gasteiger charge is 2.26. The summed E-state index contributed by atoms with van der Waals surface area (Å²) in [6.45, 7) is 0.0142. The number of aromatic nitrogens is 2. The number of imide groups is 1. The second-order valence-electron chi connectivity index (χ2n) is 6.45. The van der Waals surface area contributed by atoms with Gasteiger partial charge in [0.05, 0.1) is 19.0 Å². The molecule has 1 aromatic heterocycles. The molecule has 0 bridgehead atoms. The molecule has 2 aromatic carbocycles. The van der Waals surface area contributed by atoms with Crippen molar-refractivity contribution in [2.75, 3.05) is 26.1 Å². The van der Waals surface area contributed by atoms with Gasteiger partial charge in [-0.05, 0) is 35.4 Å². The van der Waals surface area contributed by atoms with E-state index in [-0.39, 0.29) is 6.61 Å². The molecule has 29 heavy (non-hydrogen) atoms. The molecule has 3 amide bonds. The van der Waals surface area contributed by atoms with Crippen molar-refractivity contribution in [2.24, 2.45) is 0 Å². The third-order valence-electron chi connectivity index (χ3n) is 4.21. The molecule has 1 heterocycles. The number of carbonyl (C=O) groups excluding carboxylic acids is 2. The minimum Gasteiger partial charge on any atom is -0.497 e. The van der Waals surface area contributed by atoms with Crippen molar-refractivity contribution in [3.63, 3.8) is 0 Å². The van der Waals surface area contributed by atoms with E-state index in [1.54, 1.807) is 63.9 Å². The summed E-state index contributed by atoms with van der Waals surface area (Å²) in [6, 6.07) is 13.7. The topological polar surface area (TPSA) is 87.8 Å². The summed E-state index contributed by atoms with van der Waals surface area (Å²) < 4.78 is 10.6. The molecule has 8 nitrogen and oxygen atoms in total. The lowest BCUT2D eigenvalue weighted by atomic mass is 10.1. The molecule has 3 rings (SSSR count). The summed E-state index contributed by atoms with van der Waals surface area (Å²) >= 11 is 0. The summed E-state index contributed by atoms with van der Waals surface area (Å²) in [7, 11) is 4.71. The van der Waals surface area contributed by atoms with Crippen molar-refractivity contribution in [1.82, 2.24) is 15.1 Å². The Morgan fingerprint density at radius 3 is 2.45 bits per heavy atom. The van der Waals surface area contributed by atoms with Crippen LogP contribution in [0.4, 0.5) is 15.3 Å². The number of hydrogen-bond acceptors (Lipinski definition) is 5. The number of aromatic amines is 1. The number of nitrogens with one attached hydrogen (secondary N) is 1. The van der Waals surface area contributed by atoms with E-state index in [0.29, 0.717) is 11.4 Å². The Morgan fingerprint density at radius 2 is 1.83 bits per heavy atom. The Balaban J connectivity index is 1.79. The van der Waals surface area contributed by atoms with Crippen LogP contribution in [0, 0.1) is 0 Å². The van der Waals surface area contributed by atoms with Crippen LogP contribution in [0.2, 0.25) is 0 Å². The second-order valence-corrected chi connectivity index (χ2v) is 6.45. The third-order valence-corrected chi connectivity index (χ3v) is 4.21. The standard InChI is InChI=1S/C21H22N4O4/c1-24(2)20(26)25(18-9-7-16(8-10-18)17-12-22-23-13-17)21(27)29-14-15-5-4-6-19(11-15)28-3/h4-13H,14H2,1-3H3,(H,22,23). The molecule has 0 aliphatic heterocycles. The van der Waals surface area contributed by atoms with Crippen molar-refractivity contribution in [3.8, 4) is 16.9 Å². The van der Waals surface area contributed by atoms with E-state index in [1.165, 1.54) is 4.90 Å². The Morgan fingerprint density at radius 1 is 1.07 bits per heavy atom. The Kier molecular flexibility index (Phi) is 6.13. The van der Waals surface area contributed by atoms with Gasteiger partial charge in [0.25, 0.3) is 0 Å². The van der Waals surface area contributed by atoms with Gasteiger partial charge in [-0.2, -0.15) is 10.00 Å². The molecule has 0 radical (unpaired) electrons. The maximum Gasteiger partial charge on any atom is 0.423 e. The zero-order valence-electron chi connectivity index (χ0n) is 16.5. The first-order valence-corrected chi connectivity index (χ1v) is 8.90. The average Bonchev–Trinajstić information content (AvgIpc) is 3.28. The smallest absolute Gasteiger partial charge is 0.423 e. The van der Waals surface area contributed by atoms with Gasteiger partial charge in [-0.3, -0.25) is 5.10 Å². The zero-order chi connectivity index (χ0) is 20.8. The number of ether oxygens (including phenoxy) is 2. The van der Waals surface area contributed by atoms with E-state index in [4.69, 9.17) is 9.47 Å². The van der Waals surface area contributed by atoms with E-state index in [1.807, 2.05) is 18.2 Å². The van der Waals surface area contributed by atoms with Crippen molar-refractivity contribution in [2.45, 2.75) is 6.61 Å². The van der Waals surface area contributed by atoms with Crippen molar-refractivity contribution < 1.29 is 19.1 Å². The number of urea groups is 1. The normalized spacial score (nSPS) is 10.3. The van der Waals surface area contributed by atoms with Gasteiger partial charge in [0.15, 0.2) is 0 Å². The third kappa shape index (κ3) is 4.73. The van der Waals surface area contributed by atoms with Crippen molar-refractivity contribution >= 4 is 17.8 Å². The molecule has 150 valence electrons. The van der Waals surface area contributed by atoms with Crippen molar-refractivity contribution in [1.29, 1.82) is 0 Å². The van der Waals surface area contributed by atoms with Gasteiger partial charge in [0.2, 0.25) is 0 Å². The molecule has 0 spiro atoms. The fraction of sp³-hybridized carbons (Fsp3) is 0.190. The number of amides is 3. The van der Waals surface area contributed by atoms with Crippen LogP contribution >= 0.6 is 0 Å². The van der Waals surface area contributed by atoms with E-state index in [0.717, 1.165) is 21.6 Å². The van der Waals surface area contributed by atoms with Crippen LogP contribution in [0.25, 0.3) is 11.1 Å². The number of H-pyrrole nitrogens is 1. The van der Waals surface area contributed by atoms with Gasteiger partial charge in [-0.15, -0.1) is 0 Å². The molecule has 3 aromatic rings. The predicted octanol–water partition coefficient (Wildman–Crippen LogP) is 3.91. The van der Waals surface area contributed by atoms with Crippen LogP contribution in [-0.2, 0) is 11.3 Å². The molecule has 0 fully saturated rings. The fourth-order valence-corrected chi connectivity index (χ4v) is 2.68. The summed E-state index contributed by atoms with van der Waals surface area (Å²) in [6.07, 6.45) is 2.70. The maximum absolute atomic E-state index is 12.7. The first kappa shape index (κ1) is 19.9. The highest BCUT2D eigenvalue weighted by molar-refractivity contribution is 6.11. The maximum atomic E-state index is 12.7. The molecule has 1 N–H and O–H groups in total. The second kappa shape index (κ2) is 8.92. The van der Waals surface area contributed by atoms with E-state index < -0.39 is 12.1 Å². The fourth-order valence-electron chi connectivity index (χ4n) is 2.68. The first-order valence-electron chi connectivity index (χ1n) is 8.90. The minimum absolute atomic E-state index is 0.0142. The Bertz CT molecular complexity index is 969. The lowest BCUT2D eigenvalue weighted by Crippen LogP contribution is -2.43. The van der Waals surface area contributed by atoms with Crippen LogP contribution in [0.3, 0.4) is 0 Å². The first-order chi connectivity index (χ1) is 14.0. The number of nitrogens with zero attached hydrogens (tertiary/aromatic N) is 3. The molecule has 0 saturated heterocycles. The zero-order valence-corrected chi connectivity index (χ0v) is 16.5. The predicted molar refractivity (Wildman–Crippen MR) is 109 cm³/mol. The lowest BCUT2D eigenvalue weighted by Gasteiger charge is -2.24. The molecule has 0 atom stereocenters. The summed E-state index contributed by atoms with van der Waals surface area (Å²) in [4.78, 5) is 27.7. The molecule has 0 aliphatic carbocycles. The number of carbonyl (C=O) groups is 2. The molecule has 8 heteroatoms. The average molecular weight is 394 g/mol. The molecule has 0 saturated carbocycles. The molecule has 0 aliphatic rings. The van der Waals surface area contributed by atoms with E-state index in [2.05, 4.69) is 10.2 Å². The van der Waals surface area contributed by atoms with Crippen LogP contribution in [0.15, 0.2) is 60.9 Å². The van der Waals surface area contributed by atoms with E-state index in [9.17, 15) is 9.59 Å². The van der Waals surface area contributed by atoms with Crippen LogP contribution < -0.4 is 9.64 Å². The van der Waals surface area contributed by atoms with Gasteiger partial charge >= 0.3 is 12.1 Å². The van der Waals surface area contributed by atoms with Crippen LogP contribution in [-0.4, -0.2) is 48.4 Å². The quantitative estimate of drug-likeness (QED) is 0.709. The summed E-state index contributed by atoms with van der Waals surface area (Å²) in [5.74, 6) is 0.662. The van der Waals surface area contributed by atoms with Crippen molar-refractivity contribution in [3.05, 3.63) is 66.5 Å². The number of benzene rings is 2. The lowest BCUT2D eigenvalue weighted by molar-refractivity contribution is 0.145.